The van der Waals surface area contributed by atoms with Gasteiger partial charge in [0.25, 0.3) is 0 Å². The smallest absolute Gasteiger partial charge is 0.00172 e. The first-order valence-corrected chi connectivity index (χ1v) is 4.64. The monoisotopic (exact) mass is 137 g/mol. The lowest BCUT2D eigenvalue weighted by Gasteiger charge is -2.22. The summed E-state index contributed by atoms with van der Waals surface area (Å²) in [5.41, 5.74) is 0. The van der Waals surface area contributed by atoms with E-state index in [-0.39, 0.29) is 0 Å². The number of fused-ring (bicyclic) bond motifs is 2. The highest BCUT2D eigenvalue weighted by Gasteiger charge is 2.47. The molecule has 3 fully saturated rings. The van der Waals surface area contributed by atoms with Crippen molar-refractivity contribution in [2.45, 2.75) is 19.3 Å². The molecule has 0 bridgehead atoms. The van der Waals surface area contributed by atoms with Crippen molar-refractivity contribution < 1.29 is 0 Å². The molecule has 4 atom stereocenters. The van der Waals surface area contributed by atoms with Crippen molar-refractivity contribution in [2.75, 3.05) is 13.1 Å². The number of nitrogens with one attached hydrogen (secondary N) is 1. The SMILES string of the molecule is C1NCC2CC3CC3CC12. The van der Waals surface area contributed by atoms with Crippen LogP contribution in [0.3, 0.4) is 0 Å². The molecule has 4 unspecified atom stereocenters. The van der Waals surface area contributed by atoms with Crippen molar-refractivity contribution in [1.29, 1.82) is 0 Å². The van der Waals surface area contributed by atoms with E-state index in [0.29, 0.717) is 0 Å². The maximum Gasteiger partial charge on any atom is -0.00172 e. The summed E-state index contributed by atoms with van der Waals surface area (Å²) < 4.78 is 0. The molecule has 1 heterocycles. The number of hydrogen-bond donors (Lipinski definition) is 1. The summed E-state index contributed by atoms with van der Waals surface area (Å²) in [6.07, 6.45) is 4.69. The van der Waals surface area contributed by atoms with E-state index < -0.39 is 0 Å². The summed E-state index contributed by atoms with van der Waals surface area (Å²) in [4.78, 5) is 0. The van der Waals surface area contributed by atoms with Crippen molar-refractivity contribution in [3.63, 3.8) is 0 Å². The molecule has 1 N–H and O–H groups in total. The van der Waals surface area contributed by atoms with Gasteiger partial charge in [0.1, 0.15) is 0 Å². The largest absolute Gasteiger partial charge is 0.316 e. The Labute approximate surface area is 62.2 Å². The van der Waals surface area contributed by atoms with Crippen molar-refractivity contribution in [1.82, 2.24) is 5.32 Å². The molecule has 56 valence electrons. The highest BCUT2D eigenvalue weighted by atomic mass is 14.9. The van der Waals surface area contributed by atoms with Gasteiger partial charge in [-0.25, -0.2) is 0 Å². The van der Waals surface area contributed by atoms with E-state index in [4.69, 9.17) is 0 Å². The normalized spacial score (nSPS) is 57.6. The molecule has 0 aromatic carbocycles. The third-order valence-corrected chi connectivity index (χ3v) is 3.76. The van der Waals surface area contributed by atoms with Gasteiger partial charge in [-0.2, -0.15) is 0 Å². The fourth-order valence-corrected chi connectivity index (χ4v) is 3.00. The van der Waals surface area contributed by atoms with Crippen LogP contribution in [0.2, 0.25) is 0 Å². The zero-order valence-corrected chi connectivity index (χ0v) is 6.34. The van der Waals surface area contributed by atoms with Gasteiger partial charge in [0.05, 0.1) is 0 Å². The maximum atomic E-state index is 3.51. The first-order chi connectivity index (χ1) is 4.93. The number of hydrogen-bond acceptors (Lipinski definition) is 1. The van der Waals surface area contributed by atoms with E-state index in [2.05, 4.69) is 5.32 Å². The first kappa shape index (κ1) is 5.59. The lowest BCUT2D eigenvalue weighted by atomic mass is 9.82. The minimum atomic E-state index is 1.07. The molecule has 0 aromatic rings. The van der Waals surface area contributed by atoms with Gasteiger partial charge in [-0.15, -0.1) is 0 Å². The van der Waals surface area contributed by atoms with Crippen LogP contribution >= 0.6 is 0 Å². The summed E-state index contributed by atoms with van der Waals surface area (Å²) in [7, 11) is 0. The van der Waals surface area contributed by atoms with Gasteiger partial charge in [-0.05, 0) is 56.0 Å². The molecule has 1 heteroatoms. The summed E-state index contributed by atoms with van der Waals surface area (Å²) in [5, 5.41) is 3.51. The van der Waals surface area contributed by atoms with Crippen LogP contribution in [0.4, 0.5) is 0 Å². The van der Waals surface area contributed by atoms with Crippen LogP contribution in [0, 0.1) is 23.7 Å². The van der Waals surface area contributed by atoms with Crippen LogP contribution in [-0.2, 0) is 0 Å². The van der Waals surface area contributed by atoms with Crippen LogP contribution in [0.25, 0.3) is 0 Å². The number of rotatable bonds is 0. The minimum absolute atomic E-state index is 1.07. The zero-order chi connectivity index (χ0) is 6.55. The Hall–Kier alpha value is -0.0400. The minimum Gasteiger partial charge on any atom is -0.316 e. The van der Waals surface area contributed by atoms with E-state index in [1.165, 1.54) is 24.9 Å². The highest BCUT2D eigenvalue weighted by molar-refractivity contribution is 4.99. The lowest BCUT2D eigenvalue weighted by Crippen LogP contribution is -2.18. The second-order valence-electron chi connectivity index (χ2n) is 4.41. The van der Waals surface area contributed by atoms with Crippen LogP contribution < -0.4 is 5.32 Å². The maximum absolute atomic E-state index is 3.51. The Morgan fingerprint density at radius 3 is 1.80 bits per heavy atom. The molecule has 2 aliphatic carbocycles. The van der Waals surface area contributed by atoms with E-state index in [1.807, 2.05) is 0 Å². The average molecular weight is 137 g/mol. The topological polar surface area (TPSA) is 12.0 Å². The fraction of sp³-hybridized carbons (Fsp3) is 1.00. The molecule has 0 radical (unpaired) electrons. The van der Waals surface area contributed by atoms with Gasteiger partial charge >= 0.3 is 0 Å². The predicted octanol–water partition coefficient (Wildman–Crippen LogP) is 1.25. The van der Waals surface area contributed by atoms with Gasteiger partial charge in [0.15, 0.2) is 0 Å². The molecular weight excluding hydrogens is 122 g/mol. The van der Waals surface area contributed by atoms with Gasteiger partial charge in [0, 0.05) is 0 Å². The Balaban J connectivity index is 1.78. The molecule has 10 heavy (non-hydrogen) atoms. The standard InChI is InChI=1S/C9H15N/c1-6-2-8-4-10-5-9(8)3-7(1)6/h6-10H,1-5H2. The molecule has 3 rings (SSSR count). The van der Waals surface area contributed by atoms with Crippen molar-refractivity contribution >= 4 is 0 Å². The molecule has 0 amide bonds. The Kier molecular flexibility index (Phi) is 0.984. The third-order valence-electron chi connectivity index (χ3n) is 3.76. The van der Waals surface area contributed by atoms with Gasteiger partial charge < -0.3 is 5.32 Å². The first-order valence-electron chi connectivity index (χ1n) is 4.64. The quantitative estimate of drug-likeness (QED) is 0.530. The van der Waals surface area contributed by atoms with Crippen LogP contribution in [0.15, 0.2) is 0 Å². The van der Waals surface area contributed by atoms with Crippen LogP contribution in [-0.4, -0.2) is 13.1 Å². The molecule has 1 saturated heterocycles. The summed E-state index contributed by atoms with van der Waals surface area (Å²) in [5.74, 6) is 4.48. The molecule has 2 saturated carbocycles. The third kappa shape index (κ3) is 0.672. The summed E-state index contributed by atoms with van der Waals surface area (Å²) >= 11 is 0. The molecule has 1 aliphatic heterocycles. The molecule has 1 nitrogen and oxygen atoms in total. The van der Waals surface area contributed by atoms with E-state index >= 15 is 0 Å². The van der Waals surface area contributed by atoms with E-state index in [0.717, 1.165) is 11.8 Å². The van der Waals surface area contributed by atoms with Gasteiger partial charge in [-0.3, -0.25) is 0 Å². The summed E-state index contributed by atoms with van der Waals surface area (Å²) in [6.45, 7) is 2.65. The molecule has 0 aromatic heterocycles. The van der Waals surface area contributed by atoms with E-state index in [1.54, 1.807) is 19.3 Å². The average Bonchev–Trinajstić information content (AvgIpc) is 2.52. The van der Waals surface area contributed by atoms with Gasteiger partial charge in [0.2, 0.25) is 0 Å². The Bertz CT molecular complexity index is 139. The second kappa shape index (κ2) is 1.76. The van der Waals surface area contributed by atoms with Crippen LogP contribution in [0.5, 0.6) is 0 Å². The van der Waals surface area contributed by atoms with Crippen molar-refractivity contribution in [3.05, 3.63) is 0 Å². The van der Waals surface area contributed by atoms with Crippen molar-refractivity contribution in [3.8, 4) is 0 Å². The Morgan fingerprint density at radius 1 is 0.700 bits per heavy atom. The highest BCUT2D eigenvalue weighted by Crippen LogP contribution is 2.54. The lowest BCUT2D eigenvalue weighted by molar-refractivity contribution is 0.286. The molecular formula is C9H15N. The second-order valence-corrected chi connectivity index (χ2v) is 4.41. The molecule has 0 spiro atoms. The van der Waals surface area contributed by atoms with E-state index in [9.17, 15) is 0 Å². The zero-order valence-electron chi connectivity index (χ0n) is 6.34. The predicted molar refractivity (Wildman–Crippen MR) is 40.7 cm³/mol. The van der Waals surface area contributed by atoms with Crippen LogP contribution in [0.1, 0.15) is 19.3 Å². The summed E-state index contributed by atoms with van der Waals surface area (Å²) in [6, 6.07) is 0. The van der Waals surface area contributed by atoms with Gasteiger partial charge in [-0.1, -0.05) is 0 Å². The van der Waals surface area contributed by atoms with Crippen molar-refractivity contribution in [2.24, 2.45) is 23.7 Å². The molecule has 3 aliphatic rings. The Morgan fingerprint density at radius 2 is 1.20 bits per heavy atom. The fourth-order valence-electron chi connectivity index (χ4n) is 3.00.